The van der Waals surface area contributed by atoms with Crippen molar-refractivity contribution in [3.63, 3.8) is 0 Å². The zero-order valence-corrected chi connectivity index (χ0v) is 9.84. The van der Waals surface area contributed by atoms with Crippen molar-refractivity contribution in [1.29, 1.82) is 0 Å². The first-order valence-electron chi connectivity index (χ1n) is 6.40. The normalized spacial score (nSPS) is 25.4. The predicted molar refractivity (Wildman–Crippen MR) is 62.1 cm³/mol. The van der Waals surface area contributed by atoms with E-state index in [1.54, 1.807) is 0 Å². The number of hydrogen-bond acceptors (Lipinski definition) is 3. The van der Waals surface area contributed by atoms with Gasteiger partial charge in [-0.25, -0.2) is 0 Å². The van der Waals surface area contributed by atoms with Crippen LogP contribution in [0, 0.1) is 11.8 Å². The Bertz CT molecular complexity index is 223. The molecule has 0 aromatic heterocycles. The summed E-state index contributed by atoms with van der Waals surface area (Å²) in [6.45, 7) is 3.93. The van der Waals surface area contributed by atoms with Gasteiger partial charge in [-0.05, 0) is 44.1 Å². The Morgan fingerprint density at radius 1 is 1.31 bits per heavy atom. The van der Waals surface area contributed by atoms with E-state index < -0.39 is 0 Å². The van der Waals surface area contributed by atoms with Crippen molar-refractivity contribution >= 4 is 5.91 Å². The standard InChI is InChI=1S/C12H22N2O2/c15-12(14-7-10-3-4-10)9-16-8-11-2-1-5-13-6-11/h10-11,13H,1-9H2,(H,14,15). The molecule has 16 heavy (non-hydrogen) atoms. The number of hydrogen-bond donors (Lipinski definition) is 2. The molecule has 0 aromatic carbocycles. The lowest BCUT2D eigenvalue weighted by Crippen LogP contribution is -2.34. The van der Waals surface area contributed by atoms with E-state index in [1.165, 1.54) is 25.7 Å². The lowest BCUT2D eigenvalue weighted by atomic mass is 10.0. The van der Waals surface area contributed by atoms with E-state index in [0.29, 0.717) is 12.5 Å². The van der Waals surface area contributed by atoms with Crippen LogP contribution in [0.5, 0.6) is 0 Å². The Labute approximate surface area is 97.1 Å². The molecule has 1 saturated carbocycles. The molecule has 2 N–H and O–H groups in total. The van der Waals surface area contributed by atoms with Crippen LogP contribution in [-0.4, -0.2) is 38.8 Å². The highest BCUT2D eigenvalue weighted by Gasteiger charge is 2.21. The molecule has 1 aliphatic heterocycles. The number of piperidine rings is 1. The number of carbonyl (C=O) groups excluding carboxylic acids is 1. The van der Waals surface area contributed by atoms with E-state index in [4.69, 9.17) is 4.74 Å². The molecule has 1 heterocycles. The van der Waals surface area contributed by atoms with Gasteiger partial charge in [0.1, 0.15) is 6.61 Å². The average molecular weight is 226 g/mol. The molecule has 1 atom stereocenters. The molecule has 1 unspecified atom stereocenters. The van der Waals surface area contributed by atoms with Gasteiger partial charge >= 0.3 is 0 Å². The van der Waals surface area contributed by atoms with Crippen LogP contribution in [0.25, 0.3) is 0 Å². The summed E-state index contributed by atoms with van der Waals surface area (Å²) >= 11 is 0. The third-order valence-corrected chi connectivity index (χ3v) is 3.27. The van der Waals surface area contributed by atoms with E-state index in [0.717, 1.165) is 25.6 Å². The van der Waals surface area contributed by atoms with Crippen molar-refractivity contribution in [3.05, 3.63) is 0 Å². The van der Waals surface area contributed by atoms with Gasteiger partial charge in [0.05, 0.1) is 6.61 Å². The Morgan fingerprint density at radius 3 is 2.88 bits per heavy atom. The van der Waals surface area contributed by atoms with Gasteiger partial charge in [0.25, 0.3) is 0 Å². The van der Waals surface area contributed by atoms with Crippen molar-refractivity contribution < 1.29 is 9.53 Å². The fourth-order valence-corrected chi connectivity index (χ4v) is 2.02. The second kappa shape index (κ2) is 6.21. The molecule has 2 fully saturated rings. The Hall–Kier alpha value is -0.610. The number of rotatable bonds is 6. The summed E-state index contributed by atoms with van der Waals surface area (Å²) in [4.78, 5) is 11.4. The topological polar surface area (TPSA) is 50.4 Å². The van der Waals surface area contributed by atoms with E-state index in [-0.39, 0.29) is 12.5 Å². The molecule has 4 nitrogen and oxygen atoms in total. The van der Waals surface area contributed by atoms with Gasteiger partial charge < -0.3 is 15.4 Å². The molecule has 0 spiro atoms. The molecule has 2 aliphatic rings. The zero-order chi connectivity index (χ0) is 11.2. The van der Waals surface area contributed by atoms with Gasteiger partial charge in [-0.15, -0.1) is 0 Å². The molecule has 1 aliphatic carbocycles. The van der Waals surface area contributed by atoms with Gasteiger partial charge in [0, 0.05) is 13.1 Å². The van der Waals surface area contributed by atoms with Crippen molar-refractivity contribution in [3.8, 4) is 0 Å². The van der Waals surface area contributed by atoms with E-state index in [1.807, 2.05) is 0 Å². The Balaban J connectivity index is 1.47. The molecule has 0 radical (unpaired) electrons. The molecule has 92 valence electrons. The Morgan fingerprint density at radius 2 is 2.19 bits per heavy atom. The summed E-state index contributed by atoms with van der Waals surface area (Å²) in [6, 6.07) is 0. The third-order valence-electron chi connectivity index (χ3n) is 3.27. The first-order chi connectivity index (χ1) is 7.84. The van der Waals surface area contributed by atoms with Crippen LogP contribution in [0.4, 0.5) is 0 Å². The SMILES string of the molecule is O=C(COCC1CCCNC1)NCC1CC1. The first kappa shape index (κ1) is 11.9. The van der Waals surface area contributed by atoms with Crippen molar-refractivity contribution in [2.24, 2.45) is 11.8 Å². The maximum absolute atomic E-state index is 11.4. The lowest BCUT2D eigenvalue weighted by molar-refractivity contribution is -0.126. The Kier molecular flexibility index (Phi) is 4.60. The average Bonchev–Trinajstić information content (AvgIpc) is 3.12. The molecule has 2 rings (SSSR count). The third kappa shape index (κ3) is 4.49. The van der Waals surface area contributed by atoms with Crippen LogP contribution in [0.1, 0.15) is 25.7 Å². The fraction of sp³-hybridized carbons (Fsp3) is 0.917. The number of carbonyl (C=O) groups is 1. The quantitative estimate of drug-likeness (QED) is 0.694. The van der Waals surface area contributed by atoms with Crippen molar-refractivity contribution in [2.75, 3.05) is 32.8 Å². The zero-order valence-electron chi connectivity index (χ0n) is 9.84. The predicted octanol–water partition coefficient (Wildman–Crippen LogP) is 0.529. The van der Waals surface area contributed by atoms with Gasteiger partial charge in [-0.3, -0.25) is 4.79 Å². The van der Waals surface area contributed by atoms with Crippen LogP contribution < -0.4 is 10.6 Å². The van der Waals surface area contributed by atoms with E-state index in [9.17, 15) is 4.79 Å². The summed E-state index contributed by atoms with van der Waals surface area (Å²) in [7, 11) is 0. The van der Waals surface area contributed by atoms with Crippen LogP contribution in [0.2, 0.25) is 0 Å². The second-order valence-electron chi connectivity index (χ2n) is 4.97. The number of ether oxygens (including phenoxy) is 1. The van der Waals surface area contributed by atoms with Gasteiger partial charge in [0.15, 0.2) is 0 Å². The summed E-state index contributed by atoms with van der Waals surface area (Å²) < 4.78 is 5.44. The first-order valence-corrected chi connectivity index (χ1v) is 6.40. The summed E-state index contributed by atoms with van der Waals surface area (Å²) in [5, 5.41) is 6.24. The maximum atomic E-state index is 11.4. The lowest BCUT2D eigenvalue weighted by Gasteiger charge is -2.22. The fourth-order valence-electron chi connectivity index (χ4n) is 2.02. The van der Waals surface area contributed by atoms with E-state index in [2.05, 4.69) is 10.6 Å². The van der Waals surface area contributed by atoms with Crippen LogP contribution >= 0.6 is 0 Å². The highest BCUT2D eigenvalue weighted by molar-refractivity contribution is 5.77. The smallest absolute Gasteiger partial charge is 0.246 e. The molecule has 4 heteroatoms. The largest absolute Gasteiger partial charge is 0.371 e. The summed E-state index contributed by atoms with van der Waals surface area (Å²) in [5.41, 5.74) is 0. The maximum Gasteiger partial charge on any atom is 0.246 e. The van der Waals surface area contributed by atoms with Gasteiger partial charge in [-0.2, -0.15) is 0 Å². The molecular formula is C12H22N2O2. The molecule has 0 bridgehead atoms. The molecular weight excluding hydrogens is 204 g/mol. The highest BCUT2D eigenvalue weighted by atomic mass is 16.5. The molecule has 1 amide bonds. The van der Waals surface area contributed by atoms with Gasteiger partial charge in [-0.1, -0.05) is 0 Å². The summed E-state index contributed by atoms with van der Waals surface area (Å²) in [5.74, 6) is 1.37. The minimum atomic E-state index is 0.0377. The van der Waals surface area contributed by atoms with Crippen LogP contribution in [-0.2, 0) is 9.53 Å². The van der Waals surface area contributed by atoms with Crippen LogP contribution in [0.3, 0.4) is 0 Å². The van der Waals surface area contributed by atoms with Crippen molar-refractivity contribution in [1.82, 2.24) is 10.6 Å². The summed E-state index contributed by atoms with van der Waals surface area (Å²) in [6.07, 6.45) is 4.99. The molecule has 0 aromatic rings. The van der Waals surface area contributed by atoms with Crippen LogP contribution in [0.15, 0.2) is 0 Å². The number of nitrogens with one attached hydrogen (secondary N) is 2. The second-order valence-corrected chi connectivity index (χ2v) is 4.97. The minimum Gasteiger partial charge on any atom is -0.371 e. The van der Waals surface area contributed by atoms with Crippen molar-refractivity contribution in [2.45, 2.75) is 25.7 Å². The monoisotopic (exact) mass is 226 g/mol. The van der Waals surface area contributed by atoms with E-state index >= 15 is 0 Å². The highest BCUT2D eigenvalue weighted by Crippen LogP contribution is 2.27. The number of amides is 1. The molecule has 1 saturated heterocycles. The minimum absolute atomic E-state index is 0.0377. The van der Waals surface area contributed by atoms with Gasteiger partial charge in [0.2, 0.25) is 5.91 Å².